The number of nitrogens with zero attached hydrogens (tertiary/aromatic N) is 2. The molecule has 0 atom stereocenters. The highest BCUT2D eigenvalue weighted by atomic mass is 35.5. The van der Waals surface area contributed by atoms with Crippen LogP contribution in [0.3, 0.4) is 0 Å². The molecule has 2 aromatic rings. The molecule has 1 aromatic carbocycles. The third-order valence-corrected chi connectivity index (χ3v) is 4.84. The molecule has 1 N–H and O–H groups in total. The third-order valence-electron chi connectivity index (χ3n) is 4.54. The Hall–Kier alpha value is -2.22. The zero-order valence-electron chi connectivity index (χ0n) is 15.5. The monoisotopic (exact) mass is 393 g/mol. The van der Waals surface area contributed by atoms with Crippen LogP contribution in [0.1, 0.15) is 5.76 Å². The fraction of sp³-hybridized carbons (Fsp3) is 0.421. The third kappa shape index (κ3) is 5.15. The second kappa shape index (κ2) is 9.12. The molecule has 0 aliphatic carbocycles. The Bertz CT molecular complexity index is 759. The number of amides is 1. The highest BCUT2D eigenvalue weighted by Gasteiger charge is 2.20. The van der Waals surface area contributed by atoms with Crippen molar-refractivity contribution in [1.82, 2.24) is 9.80 Å². The van der Waals surface area contributed by atoms with E-state index in [1.165, 1.54) is 14.2 Å². The normalized spacial score (nSPS) is 15.5. The maximum atomic E-state index is 12.4. The molecular formula is C19H24ClN3O4. The van der Waals surface area contributed by atoms with E-state index in [1.807, 2.05) is 12.1 Å². The van der Waals surface area contributed by atoms with Crippen LogP contribution in [0.5, 0.6) is 11.5 Å². The van der Waals surface area contributed by atoms with Gasteiger partial charge in [0.15, 0.2) is 0 Å². The van der Waals surface area contributed by atoms with Crippen molar-refractivity contribution < 1.29 is 18.7 Å². The van der Waals surface area contributed by atoms with Crippen molar-refractivity contribution in [3.05, 3.63) is 41.3 Å². The molecule has 1 fully saturated rings. The van der Waals surface area contributed by atoms with E-state index in [2.05, 4.69) is 15.1 Å². The summed E-state index contributed by atoms with van der Waals surface area (Å²) < 4.78 is 15.9. The number of anilines is 1. The van der Waals surface area contributed by atoms with Crippen molar-refractivity contribution >= 4 is 23.2 Å². The van der Waals surface area contributed by atoms with Gasteiger partial charge < -0.3 is 19.2 Å². The zero-order valence-corrected chi connectivity index (χ0v) is 16.3. The number of rotatable bonds is 7. The van der Waals surface area contributed by atoms with Gasteiger partial charge in [-0.2, -0.15) is 0 Å². The Labute approximate surface area is 163 Å². The van der Waals surface area contributed by atoms with Crippen LogP contribution < -0.4 is 14.8 Å². The van der Waals surface area contributed by atoms with E-state index in [4.69, 9.17) is 25.5 Å². The number of ether oxygens (including phenoxy) is 2. The predicted octanol–water partition coefficient (Wildman–Crippen LogP) is 2.71. The second-order valence-electron chi connectivity index (χ2n) is 6.37. The van der Waals surface area contributed by atoms with Crippen LogP contribution in [0.15, 0.2) is 34.9 Å². The summed E-state index contributed by atoms with van der Waals surface area (Å²) in [4.78, 5) is 16.9. The summed E-state index contributed by atoms with van der Waals surface area (Å²) in [6.45, 7) is 4.57. The Balaban J connectivity index is 1.51. The Morgan fingerprint density at radius 3 is 2.48 bits per heavy atom. The Morgan fingerprint density at radius 2 is 1.85 bits per heavy atom. The summed E-state index contributed by atoms with van der Waals surface area (Å²) in [5.41, 5.74) is 0.532. The zero-order chi connectivity index (χ0) is 19.2. The molecule has 146 valence electrons. The molecule has 0 unspecified atom stereocenters. The van der Waals surface area contributed by atoms with Crippen molar-refractivity contribution in [2.75, 3.05) is 52.3 Å². The van der Waals surface area contributed by atoms with Crippen LogP contribution in [0, 0.1) is 0 Å². The Morgan fingerprint density at radius 1 is 1.15 bits per heavy atom. The number of nitrogens with one attached hydrogen (secondary N) is 1. The largest absolute Gasteiger partial charge is 0.495 e. The van der Waals surface area contributed by atoms with E-state index in [0.29, 0.717) is 28.8 Å². The van der Waals surface area contributed by atoms with Gasteiger partial charge in [-0.05, 0) is 18.2 Å². The molecule has 0 saturated carbocycles. The summed E-state index contributed by atoms with van der Waals surface area (Å²) >= 11 is 6.15. The minimum absolute atomic E-state index is 0.103. The summed E-state index contributed by atoms with van der Waals surface area (Å²) in [6, 6.07) is 7.17. The minimum Gasteiger partial charge on any atom is -0.495 e. The van der Waals surface area contributed by atoms with Gasteiger partial charge in [0.25, 0.3) is 0 Å². The number of carbonyl (C=O) groups excluding carboxylic acids is 1. The highest BCUT2D eigenvalue weighted by molar-refractivity contribution is 6.32. The quantitative estimate of drug-likeness (QED) is 0.780. The topological polar surface area (TPSA) is 67.2 Å². The van der Waals surface area contributed by atoms with Crippen molar-refractivity contribution in [1.29, 1.82) is 0 Å². The van der Waals surface area contributed by atoms with Gasteiger partial charge in [0.2, 0.25) is 5.91 Å². The molecule has 1 aromatic heterocycles. The maximum absolute atomic E-state index is 12.4. The van der Waals surface area contributed by atoms with Crippen LogP contribution in [-0.2, 0) is 11.3 Å². The summed E-state index contributed by atoms with van der Waals surface area (Å²) in [5, 5.41) is 3.29. The van der Waals surface area contributed by atoms with Gasteiger partial charge in [0.05, 0.1) is 44.3 Å². The maximum Gasteiger partial charge on any atom is 0.238 e. The number of furan rings is 1. The SMILES string of the molecule is COc1cc(OC)c(NC(=O)CN2CCN(Cc3ccco3)CC2)cc1Cl. The summed E-state index contributed by atoms with van der Waals surface area (Å²) in [6.07, 6.45) is 1.69. The van der Waals surface area contributed by atoms with Crippen LogP contribution in [0.4, 0.5) is 5.69 Å². The lowest BCUT2D eigenvalue weighted by molar-refractivity contribution is -0.117. The van der Waals surface area contributed by atoms with E-state index in [-0.39, 0.29) is 5.91 Å². The van der Waals surface area contributed by atoms with E-state index in [0.717, 1.165) is 38.5 Å². The van der Waals surface area contributed by atoms with Crippen LogP contribution >= 0.6 is 11.6 Å². The molecule has 0 spiro atoms. The molecule has 27 heavy (non-hydrogen) atoms. The average molecular weight is 394 g/mol. The molecule has 1 aliphatic rings. The molecule has 0 bridgehead atoms. The first-order valence-electron chi connectivity index (χ1n) is 8.77. The van der Waals surface area contributed by atoms with Gasteiger partial charge in [0.1, 0.15) is 17.3 Å². The number of hydrogen-bond donors (Lipinski definition) is 1. The number of halogens is 1. The molecule has 3 rings (SSSR count). The van der Waals surface area contributed by atoms with Gasteiger partial charge in [-0.3, -0.25) is 14.6 Å². The molecule has 7 nitrogen and oxygen atoms in total. The lowest BCUT2D eigenvalue weighted by Gasteiger charge is -2.33. The molecule has 8 heteroatoms. The fourth-order valence-electron chi connectivity index (χ4n) is 3.08. The van der Waals surface area contributed by atoms with E-state index < -0.39 is 0 Å². The summed E-state index contributed by atoms with van der Waals surface area (Å²) in [7, 11) is 3.07. The lowest BCUT2D eigenvalue weighted by Crippen LogP contribution is -2.48. The first kappa shape index (κ1) is 19.5. The van der Waals surface area contributed by atoms with Crippen LogP contribution in [0.2, 0.25) is 5.02 Å². The molecule has 1 saturated heterocycles. The number of carbonyl (C=O) groups is 1. The van der Waals surface area contributed by atoms with Crippen LogP contribution in [-0.4, -0.2) is 62.7 Å². The van der Waals surface area contributed by atoms with Crippen molar-refractivity contribution in [2.24, 2.45) is 0 Å². The van der Waals surface area contributed by atoms with Gasteiger partial charge in [-0.25, -0.2) is 0 Å². The standard InChI is InChI=1S/C19H24ClN3O4/c1-25-17-11-18(26-2)16(10-15(17)20)21-19(24)13-23-7-5-22(6-8-23)12-14-4-3-9-27-14/h3-4,9-11H,5-8,12-13H2,1-2H3,(H,21,24). The van der Waals surface area contributed by atoms with E-state index in [9.17, 15) is 4.79 Å². The first-order valence-corrected chi connectivity index (χ1v) is 9.15. The van der Waals surface area contributed by atoms with Crippen LogP contribution in [0.25, 0.3) is 0 Å². The smallest absolute Gasteiger partial charge is 0.238 e. The van der Waals surface area contributed by atoms with Gasteiger partial charge >= 0.3 is 0 Å². The molecule has 1 aliphatic heterocycles. The van der Waals surface area contributed by atoms with Gasteiger partial charge in [-0.1, -0.05) is 11.6 Å². The van der Waals surface area contributed by atoms with Crippen molar-refractivity contribution in [3.8, 4) is 11.5 Å². The first-order chi connectivity index (χ1) is 13.1. The number of methoxy groups -OCH3 is 2. The second-order valence-corrected chi connectivity index (χ2v) is 6.77. The molecular weight excluding hydrogens is 370 g/mol. The summed E-state index contributed by atoms with van der Waals surface area (Å²) in [5.74, 6) is 1.87. The van der Waals surface area contributed by atoms with Crippen molar-refractivity contribution in [2.45, 2.75) is 6.54 Å². The predicted molar refractivity (Wildman–Crippen MR) is 104 cm³/mol. The fourth-order valence-corrected chi connectivity index (χ4v) is 3.32. The lowest BCUT2D eigenvalue weighted by atomic mass is 10.2. The Kier molecular flexibility index (Phi) is 6.60. The molecule has 1 amide bonds. The number of piperazine rings is 1. The van der Waals surface area contributed by atoms with E-state index in [1.54, 1.807) is 18.4 Å². The van der Waals surface area contributed by atoms with Crippen molar-refractivity contribution in [3.63, 3.8) is 0 Å². The highest BCUT2D eigenvalue weighted by Crippen LogP contribution is 2.35. The minimum atomic E-state index is -0.103. The molecule has 0 radical (unpaired) electrons. The van der Waals surface area contributed by atoms with Gasteiger partial charge in [0, 0.05) is 32.2 Å². The average Bonchev–Trinajstić information content (AvgIpc) is 3.16. The van der Waals surface area contributed by atoms with E-state index >= 15 is 0 Å². The molecule has 2 heterocycles. The number of benzene rings is 1. The number of hydrogen-bond acceptors (Lipinski definition) is 6. The van der Waals surface area contributed by atoms with Gasteiger partial charge in [-0.15, -0.1) is 0 Å².